The van der Waals surface area contributed by atoms with E-state index in [1.165, 1.54) is 29.5 Å². The average Bonchev–Trinajstić information content (AvgIpc) is 3.39. The van der Waals surface area contributed by atoms with Crippen LogP contribution in [0.3, 0.4) is 0 Å². The maximum Gasteiger partial charge on any atom is 0.273 e. The minimum Gasteiger partial charge on any atom is -0.368 e. The number of anilines is 1. The van der Waals surface area contributed by atoms with Gasteiger partial charge in [-0.2, -0.15) is 0 Å². The van der Waals surface area contributed by atoms with Crippen molar-refractivity contribution in [3.05, 3.63) is 117 Å². The van der Waals surface area contributed by atoms with Crippen LogP contribution in [0, 0.1) is 11.6 Å². The van der Waals surface area contributed by atoms with Gasteiger partial charge in [0.25, 0.3) is 5.91 Å². The average molecular weight is 553 g/mol. The van der Waals surface area contributed by atoms with Gasteiger partial charge in [-0.05, 0) is 42.0 Å². The van der Waals surface area contributed by atoms with E-state index in [2.05, 4.69) is 9.88 Å². The number of aromatic nitrogens is 1. The number of halogens is 3. The van der Waals surface area contributed by atoms with Gasteiger partial charge in [-0.1, -0.05) is 48.0 Å². The zero-order chi connectivity index (χ0) is 26.5. The first-order chi connectivity index (χ1) is 18.4. The second-order valence-corrected chi connectivity index (χ2v) is 10.6. The van der Waals surface area contributed by atoms with Gasteiger partial charge in [0.1, 0.15) is 22.3 Å². The van der Waals surface area contributed by atoms with Gasteiger partial charge in [-0.15, -0.1) is 11.3 Å². The molecule has 0 unspecified atom stereocenters. The predicted octanol–water partition coefficient (Wildman–Crippen LogP) is 6.24. The van der Waals surface area contributed by atoms with Crippen molar-refractivity contribution in [2.45, 2.75) is 19.6 Å². The van der Waals surface area contributed by atoms with E-state index in [0.717, 1.165) is 29.3 Å². The highest BCUT2D eigenvalue weighted by Gasteiger charge is 2.24. The SMILES string of the molecule is O=C(c1csc(CN(Cc2ccc(F)cc2)Cc2ccccc2F)n1)N1CCN(c2cccc(Cl)c2)CC1. The van der Waals surface area contributed by atoms with Crippen molar-refractivity contribution in [1.29, 1.82) is 0 Å². The number of piperazine rings is 1. The lowest BCUT2D eigenvalue weighted by atomic mass is 10.1. The van der Waals surface area contributed by atoms with E-state index in [1.807, 2.05) is 34.1 Å². The van der Waals surface area contributed by atoms with Crippen LogP contribution in [0.5, 0.6) is 0 Å². The zero-order valence-corrected chi connectivity index (χ0v) is 22.3. The molecule has 0 N–H and O–H groups in total. The normalized spacial score (nSPS) is 13.8. The Kier molecular flexibility index (Phi) is 8.32. The summed E-state index contributed by atoms with van der Waals surface area (Å²) in [5, 5.41) is 3.25. The number of thiazole rings is 1. The second-order valence-electron chi connectivity index (χ2n) is 9.25. The van der Waals surface area contributed by atoms with Gasteiger partial charge in [0.15, 0.2) is 0 Å². The van der Waals surface area contributed by atoms with Crippen molar-refractivity contribution in [3.63, 3.8) is 0 Å². The molecule has 0 atom stereocenters. The van der Waals surface area contributed by atoms with Gasteiger partial charge < -0.3 is 9.80 Å². The van der Waals surface area contributed by atoms with E-state index in [1.54, 1.807) is 35.7 Å². The maximum atomic E-state index is 14.4. The van der Waals surface area contributed by atoms with Crippen LogP contribution < -0.4 is 4.90 Å². The highest BCUT2D eigenvalue weighted by molar-refractivity contribution is 7.09. The smallest absolute Gasteiger partial charge is 0.273 e. The van der Waals surface area contributed by atoms with Gasteiger partial charge >= 0.3 is 0 Å². The minimum absolute atomic E-state index is 0.0857. The summed E-state index contributed by atoms with van der Waals surface area (Å²) in [6, 6.07) is 20.7. The topological polar surface area (TPSA) is 39.7 Å². The van der Waals surface area contributed by atoms with Crippen molar-refractivity contribution in [2.75, 3.05) is 31.1 Å². The molecule has 4 aromatic rings. The van der Waals surface area contributed by atoms with Crippen LogP contribution in [0.15, 0.2) is 78.2 Å². The molecular formula is C29H27ClF2N4OS. The summed E-state index contributed by atoms with van der Waals surface area (Å²) >= 11 is 7.55. The first-order valence-electron chi connectivity index (χ1n) is 12.4. The Balaban J connectivity index is 1.24. The molecule has 38 heavy (non-hydrogen) atoms. The van der Waals surface area contributed by atoms with Crippen LogP contribution in [0.4, 0.5) is 14.5 Å². The van der Waals surface area contributed by atoms with Crippen LogP contribution in [-0.4, -0.2) is 46.9 Å². The molecule has 5 nitrogen and oxygen atoms in total. The Morgan fingerprint density at radius 2 is 1.68 bits per heavy atom. The Labute approximate surface area is 229 Å². The molecule has 2 heterocycles. The molecule has 9 heteroatoms. The Bertz CT molecular complexity index is 1390. The molecule has 1 fully saturated rings. The zero-order valence-electron chi connectivity index (χ0n) is 20.7. The molecule has 0 saturated carbocycles. The fraction of sp³-hybridized carbons (Fsp3) is 0.241. The van der Waals surface area contributed by atoms with Crippen molar-refractivity contribution < 1.29 is 13.6 Å². The quantitative estimate of drug-likeness (QED) is 0.259. The lowest BCUT2D eigenvalue weighted by Gasteiger charge is -2.35. The minimum atomic E-state index is -0.300. The lowest BCUT2D eigenvalue weighted by molar-refractivity contribution is 0.0741. The lowest BCUT2D eigenvalue weighted by Crippen LogP contribution is -2.48. The molecule has 1 amide bonds. The molecule has 1 saturated heterocycles. The largest absolute Gasteiger partial charge is 0.368 e. The van der Waals surface area contributed by atoms with Crippen molar-refractivity contribution in [2.24, 2.45) is 0 Å². The Hall–Kier alpha value is -3.33. The van der Waals surface area contributed by atoms with Crippen molar-refractivity contribution >= 4 is 34.5 Å². The number of benzene rings is 3. The van der Waals surface area contributed by atoms with Crippen LogP contribution in [-0.2, 0) is 19.6 Å². The summed E-state index contributed by atoms with van der Waals surface area (Å²) in [5.74, 6) is -0.660. The first-order valence-corrected chi connectivity index (χ1v) is 13.6. The summed E-state index contributed by atoms with van der Waals surface area (Å²) in [7, 11) is 0. The summed E-state index contributed by atoms with van der Waals surface area (Å²) in [6.45, 7) is 3.92. The fourth-order valence-electron chi connectivity index (χ4n) is 4.56. The third-order valence-corrected chi connectivity index (χ3v) is 7.61. The number of hydrogen-bond acceptors (Lipinski definition) is 5. The van der Waals surface area contributed by atoms with Gasteiger partial charge in [0.2, 0.25) is 0 Å². The highest BCUT2D eigenvalue weighted by Crippen LogP contribution is 2.23. The van der Waals surface area contributed by atoms with Gasteiger partial charge in [-0.25, -0.2) is 13.8 Å². The van der Waals surface area contributed by atoms with Gasteiger partial charge in [0, 0.05) is 60.9 Å². The van der Waals surface area contributed by atoms with Crippen molar-refractivity contribution in [3.8, 4) is 0 Å². The molecule has 0 spiro atoms. The number of carbonyl (C=O) groups is 1. The van der Waals surface area contributed by atoms with E-state index >= 15 is 0 Å². The van der Waals surface area contributed by atoms with Gasteiger partial charge in [0.05, 0.1) is 6.54 Å². The van der Waals surface area contributed by atoms with Crippen molar-refractivity contribution in [1.82, 2.24) is 14.8 Å². The number of amides is 1. The maximum absolute atomic E-state index is 14.4. The summed E-state index contributed by atoms with van der Waals surface area (Å²) in [6.07, 6.45) is 0. The van der Waals surface area contributed by atoms with Crippen LogP contribution in [0.1, 0.15) is 26.6 Å². The third-order valence-electron chi connectivity index (χ3n) is 6.54. The highest BCUT2D eigenvalue weighted by atomic mass is 35.5. The third kappa shape index (κ3) is 6.56. The van der Waals surface area contributed by atoms with E-state index in [-0.39, 0.29) is 17.5 Å². The molecule has 196 valence electrons. The standard InChI is InChI=1S/C29H27ClF2N4OS/c30-23-5-3-6-25(16-23)35-12-14-36(15-13-35)29(37)27-20-38-28(33-27)19-34(17-21-8-10-24(31)11-9-21)18-22-4-1-2-7-26(22)32/h1-11,16,20H,12-15,17-19H2. The number of nitrogens with zero attached hydrogens (tertiary/aromatic N) is 4. The summed E-state index contributed by atoms with van der Waals surface area (Å²) < 4.78 is 27.8. The number of carbonyl (C=O) groups excluding carboxylic acids is 1. The molecule has 1 aliphatic heterocycles. The Morgan fingerprint density at radius 3 is 2.42 bits per heavy atom. The second kappa shape index (κ2) is 12.0. The molecule has 0 radical (unpaired) electrons. The van der Waals surface area contributed by atoms with E-state index in [0.29, 0.717) is 49.0 Å². The van der Waals surface area contributed by atoms with E-state index in [9.17, 15) is 13.6 Å². The molecule has 5 rings (SSSR count). The molecule has 3 aromatic carbocycles. The monoisotopic (exact) mass is 552 g/mol. The number of rotatable bonds is 8. The van der Waals surface area contributed by atoms with E-state index < -0.39 is 0 Å². The van der Waals surface area contributed by atoms with Crippen LogP contribution in [0.25, 0.3) is 0 Å². The molecular weight excluding hydrogens is 526 g/mol. The van der Waals surface area contributed by atoms with Gasteiger partial charge in [-0.3, -0.25) is 9.69 Å². The van der Waals surface area contributed by atoms with Crippen LogP contribution >= 0.6 is 22.9 Å². The number of hydrogen-bond donors (Lipinski definition) is 0. The molecule has 1 aromatic heterocycles. The first kappa shape index (κ1) is 26.3. The molecule has 1 aliphatic rings. The summed E-state index contributed by atoms with van der Waals surface area (Å²) in [4.78, 5) is 23.9. The fourth-order valence-corrected chi connectivity index (χ4v) is 5.55. The summed E-state index contributed by atoms with van der Waals surface area (Å²) in [5.41, 5.74) is 2.96. The van der Waals surface area contributed by atoms with Crippen LogP contribution in [0.2, 0.25) is 5.02 Å². The molecule has 0 aliphatic carbocycles. The molecule has 0 bridgehead atoms. The Morgan fingerprint density at radius 1 is 0.921 bits per heavy atom. The predicted molar refractivity (Wildman–Crippen MR) is 147 cm³/mol. The van der Waals surface area contributed by atoms with E-state index in [4.69, 9.17) is 11.6 Å².